The number of amides is 1. The highest BCUT2D eigenvalue weighted by Gasteiger charge is 2.27. The number of hydrogen-bond donors (Lipinski definition) is 2. The van der Waals surface area contributed by atoms with Crippen molar-refractivity contribution in [1.29, 1.82) is 0 Å². The molecule has 2 rings (SSSR count). The molecule has 0 spiro atoms. The zero-order valence-corrected chi connectivity index (χ0v) is 10.8. The van der Waals surface area contributed by atoms with E-state index in [1.54, 1.807) is 13.1 Å². The van der Waals surface area contributed by atoms with E-state index < -0.39 is 0 Å². The fraction of sp³-hybridized carbons (Fsp3) is 0.583. The predicted molar refractivity (Wildman–Crippen MR) is 70.4 cm³/mol. The van der Waals surface area contributed by atoms with Crippen molar-refractivity contribution in [2.45, 2.75) is 25.7 Å². The summed E-state index contributed by atoms with van der Waals surface area (Å²) in [6, 6.07) is 1.72. The second-order valence-electron chi connectivity index (χ2n) is 4.47. The van der Waals surface area contributed by atoms with Crippen molar-refractivity contribution in [3.8, 4) is 0 Å². The van der Waals surface area contributed by atoms with E-state index in [1.165, 1.54) is 0 Å². The van der Waals surface area contributed by atoms with E-state index in [1.807, 2.05) is 11.8 Å². The van der Waals surface area contributed by atoms with Crippen LogP contribution in [0.2, 0.25) is 0 Å². The van der Waals surface area contributed by atoms with E-state index in [0.717, 1.165) is 24.5 Å². The van der Waals surface area contributed by atoms with E-state index in [9.17, 15) is 4.79 Å². The van der Waals surface area contributed by atoms with Gasteiger partial charge in [0.05, 0.1) is 6.54 Å². The van der Waals surface area contributed by atoms with Crippen LogP contribution in [0, 0.1) is 0 Å². The van der Waals surface area contributed by atoms with Crippen LogP contribution in [-0.4, -0.2) is 36.0 Å². The number of carbonyl (C=O) groups is 1. The molecular formula is C12H19N5O. The first kappa shape index (κ1) is 12.6. The van der Waals surface area contributed by atoms with Crippen LogP contribution >= 0.6 is 0 Å². The lowest BCUT2D eigenvalue weighted by Gasteiger charge is -2.21. The van der Waals surface area contributed by atoms with E-state index in [0.29, 0.717) is 18.3 Å². The van der Waals surface area contributed by atoms with E-state index in [4.69, 9.17) is 5.73 Å². The number of nitrogen functional groups attached to an aromatic ring is 1. The van der Waals surface area contributed by atoms with Crippen molar-refractivity contribution in [1.82, 2.24) is 15.3 Å². The van der Waals surface area contributed by atoms with Crippen molar-refractivity contribution in [3.05, 3.63) is 11.9 Å². The van der Waals surface area contributed by atoms with Gasteiger partial charge in [0.2, 0.25) is 5.91 Å². The van der Waals surface area contributed by atoms with Crippen molar-refractivity contribution in [3.63, 3.8) is 0 Å². The maximum Gasteiger partial charge on any atom is 0.239 e. The minimum Gasteiger partial charge on any atom is -0.384 e. The summed E-state index contributed by atoms with van der Waals surface area (Å²) in [6.45, 7) is 2.97. The third-order valence-corrected chi connectivity index (χ3v) is 3.01. The highest BCUT2D eigenvalue weighted by molar-refractivity contribution is 5.80. The van der Waals surface area contributed by atoms with Crippen LogP contribution in [0.3, 0.4) is 0 Å². The molecule has 0 aliphatic heterocycles. The van der Waals surface area contributed by atoms with Gasteiger partial charge >= 0.3 is 0 Å². The second kappa shape index (κ2) is 5.20. The maximum atomic E-state index is 11.4. The molecule has 1 heterocycles. The summed E-state index contributed by atoms with van der Waals surface area (Å²) in [5.41, 5.74) is 5.80. The first-order chi connectivity index (χ1) is 8.63. The Balaban J connectivity index is 2.21. The Morgan fingerprint density at radius 3 is 2.83 bits per heavy atom. The van der Waals surface area contributed by atoms with E-state index in [-0.39, 0.29) is 12.5 Å². The summed E-state index contributed by atoms with van der Waals surface area (Å²) in [5, 5.41) is 2.61. The van der Waals surface area contributed by atoms with Crippen LogP contribution in [0.4, 0.5) is 11.6 Å². The fourth-order valence-corrected chi connectivity index (χ4v) is 1.76. The number of nitrogens with two attached hydrogens (primary N) is 1. The standard InChI is InChI=1S/C12H19N5O/c1-3-17(7-11(18)14-2)10-6-9(13)15-12(16-10)8-4-5-8/h6,8H,3-5,7H2,1-2H3,(H,14,18)(H2,13,15,16). The number of hydrogen-bond acceptors (Lipinski definition) is 5. The van der Waals surface area contributed by atoms with Gasteiger partial charge < -0.3 is 16.0 Å². The third kappa shape index (κ3) is 2.88. The molecule has 3 N–H and O–H groups in total. The number of nitrogens with one attached hydrogen (secondary N) is 1. The minimum absolute atomic E-state index is 0.0398. The third-order valence-electron chi connectivity index (χ3n) is 3.01. The summed E-state index contributed by atoms with van der Waals surface area (Å²) >= 11 is 0. The van der Waals surface area contributed by atoms with Gasteiger partial charge in [0.25, 0.3) is 0 Å². The summed E-state index contributed by atoms with van der Waals surface area (Å²) in [7, 11) is 1.63. The molecule has 0 aromatic carbocycles. The van der Waals surface area contributed by atoms with Crippen LogP contribution in [0.1, 0.15) is 31.5 Å². The Labute approximate surface area is 107 Å². The predicted octanol–water partition coefficient (Wildman–Crippen LogP) is 0.508. The van der Waals surface area contributed by atoms with Gasteiger partial charge in [0, 0.05) is 25.6 Å². The summed E-state index contributed by atoms with van der Waals surface area (Å²) in [4.78, 5) is 22.1. The zero-order valence-electron chi connectivity index (χ0n) is 10.8. The molecule has 0 unspecified atom stereocenters. The largest absolute Gasteiger partial charge is 0.384 e. The van der Waals surface area contributed by atoms with Gasteiger partial charge in [-0.05, 0) is 19.8 Å². The lowest BCUT2D eigenvalue weighted by Crippen LogP contribution is -2.36. The average molecular weight is 249 g/mol. The highest BCUT2D eigenvalue weighted by atomic mass is 16.1. The molecule has 98 valence electrons. The van der Waals surface area contributed by atoms with Crippen LogP contribution in [-0.2, 0) is 4.79 Å². The van der Waals surface area contributed by atoms with Crippen molar-refractivity contribution in [2.24, 2.45) is 0 Å². The van der Waals surface area contributed by atoms with Gasteiger partial charge in [-0.25, -0.2) is 9.97 Å². The summed E-state index contributed by atoms with van der Waals surface area (Å²) in [5.74, 6) is 2.42. The Morgan fingerprint density at radius 1 is 1.56 bits per heavy atom. The molecule has 0 atom stereocenters. The molecule has 1 saturated carbocycles. The second-order valence-corrected chi connectivity index (χ2v) is 4.47. The Hall–Kier alpha value is -1.85. The smallest absolute Gasteiger partial charge is 0.239 e. The molecule has 18 heavy (non-hydrogen) atoms. The zero-order chi connectivity index (χ0) is 13.1. The minimum atomic E-state index is -0.0398. The van der Waals surface area contributed by atoms with Gasteiger partial charge in [-0.1, -0.05) is 0 Å². The molecule has 1 aromatic rings. The molecule has 1 fully saturated rings. The normalized spacial score (nSPS) is 14.3. The van der Waals surface area contributed by atoms with Crippen LogP contribution < -0.4 is 16.0 Å². The van der Waals surface area contributed by atoms with Crippen molar-refractivity contribution in [2.75, 3.05) is 30.8 Å². The van der Waals surface area contributed by atoms with Gasteiger partial charge in [0.15, 0.2) is 0 Å². The lowest BCUT2D eigenvalue weighted by molar-refractivity contribution is -0.119. The fourth-order valence-electron chi connectivity index (χ4n) is 1.76. The molecule has 0 radical (unpaired) electrons. The monoisotopic (exact) mass is 249 g/mol. The Bertz CT molecular complexity index is 444. The first-order valence-electron chi connectivity index (χ1n) is 6.24. The van der Waals surface area contributed by atoms with Crippen LogP contribution in [0.5, 0.6) is 0 Å². The number of nitrogens with zero attached hydrogens (tertiary/aromatic N) is 3. The van der Waals surface area contributed by atoms with Crippen molar-refractivity contribution < 1.29 is 4.79 Å². The average Bonchev–Trinajstić information content (AvgIpc) is 3.18. The molecule has 0 saturated heterocycles. The molecule has 6 nitrogen and oxygen atoms in total. The number of likely N-dealkylation sites (N-methyl/N-ethyl adjacent to an activating group) is 2. The lowest BCUT2D eigenvalue weighted by atomic mass is 10.3. The maximum absolute atomic E-state index is 11.4. The van der Waals surface area contributed by atoms with E-state index in [2.05, 4.69) is 15.3 Å². The van der Waals surface area contributed by atoms with Crippen LogP contribution in [0.15, 0.2) is 6.07 Å². The SMILES string of the molecule is CCN(CC(=O)NC)c1cc(N)nc(C2CC2)n1. The summed E-state index contributed by atoms with van der Waals surface area (Å²) in [6.07, 6.45) is 2.26. The Kier molecular flexibility index (Phi) is 3.64. The number of carbonyl (C=O) groups excluding carboxylic acids is 1. The van der Waals surface area contributed by atoms with Crippen molar-refractivity contribution >= 4 is 17.5 Å². The molecule has 1 amide bonds. The molecule has 0 bridgehead atoms. The van der Waals surface area contributed by atoms with Gasteiger partial charge in [0.1, 0.15) is 17.5 Å². The first-order valence-corrected chi connectivity index (χ1v) is 6.24. The quantitative estimate of drug-likeness (QED) is 0.794. The molecule has 1 aromatic heterocycles. The molecule has 1 aliphatic carbocycles. The molecule has 1 aliphatic rings. The Morgan fingerprint density at radius 2 is 2.28 bits per heavy atom. The number of rotatable bonds is 5. The number of anilines is 2. The van der Waals surface area contributed by atoms with Gasteiger partial charge in [-0.2, -0.15) is 0 Å². The highest BCUT2D eigenvalue weighted by Crippen LogP contribution is 2.38. The van der Waals surface area contributed by atoms with Gasteiger partial charge in [-0.3, -0.25) is 4.79 Å². The van der Waals surface area contributed by atoms with Crippen LogP contribution in [0.25, 0.3) is 0 Å². The topological polar surface area (TPSA) is 84.1 Å². The summed E-state index contributed by atoms with van der Waals surface area (Å²) < 4.78 is 0. The molecular weight excluding hydrogens is 230 g/mol. The van der Waals surface area contributed by atoms with Gasteiger partial charge in [-0.15, -0.1) is 0 Å². The van der Waals surface area contributed by atoms with E-state index >= 15 is 0 Å². The number of aromatic nitrogens is 2. The molecule has 6 heteroatoms.